The normalized spacial score (nSPS) is 19.6. The molecule has 2 rings (SSSR count). The summed E-state index contributed by atoms with van der Waals surface area (Å²) in [6, 6.07) is 8.63. The van der Waals surface area contributed by atoms with Crippen LogP contribution in [0.1, 0.15) is 6.42 Å². The smallest absolute Gasteiger partial charge is 0.302 e. The van der Waals surface area contributed by atoms with Crippen molar-refractivity contribution in [2.24, 2.45) is 5.92 Å². The molecular formula is C12H10F3NO. The van der Waals surface area contributed by atoms with E-state index in [4.69, 9.17) is 0 Å². The van der Waals surface area contributed by atoms with Gasteiger partial charge in [0, 0.05) is 12.2 Å². The SMILES string of the molecule is O=C1C(C(F)=C(F)F)CCN1c1ccccc1. The topological polar surface area (TPSA) is 20.3 Å². The van der Waals surface area contributed by atoms with E-state index in [0.717, 1.165) is 0 Å². The molecule has 1 saturated heterocycles. The number of anilines is 1. The van der Waals surface area contributed by atoms with E-state index in [2.05, 4.69) is 0 Å². The Bertz CT molecular complexity index is 454. The second-order valence-corrected chi connectivity index (χ2v) is 3.78. The summed E-state index contributed by atoms with van der Waals surface area (Å²) in [5.74, 6) is -3.55. The fourth-order valence-corrected chi connectivity index (χ4v) is 1.91. The average Bonchev–Trinajstić information content (AvgIpc) is 2.71. The molecule has 0 spiro atoms. The molecule has 0 radical (unpaired) electrons. The number of carbonyl (C=O) groups excluding carboxylic acids is 1. The molecule has 2 nitrogen and oxygen atoms in total. The minimum absolute atomic E-state index is 0.0803. The van der Waals surface area contributed by atoms with Crippen molar-refractivity contribution in [1.82, 2.24) is 0 Å². The molecule has 1 atom stereocenters. The molecule has 1 aliphatic heterocycles. The summed E-state index contributed by atoms with van der Waals surface area (Å²) in [7, 11) is 0. The number of hydrogen-bond acceptors (Lipinski definition) is 1. The molecule has 0 saturated carbocycles. The number of carbonyl (C=O) groups is 1. The molecule has 1 heterocycles. The quantitative estimate of drug-likeness (QED) is 0.779. The van der Waals surface area contributed by atoms with Crippen LogP contribution in [0.5, 0.6) is 0 Å². The highest BCUT2D eigenvalue weighted by molar-refractivity contribution is 5.98. The third-order valence-corrected chi connectivity index (χ3v) is 2.76. The maximum absolute atomic E-state index is 13.1. The Morgan fingerprint density at radius 3 is 2.41 bits per heavy atom. The Balaban J connectivity index is 2.22. The first-order chi connectivity index (χ1) is 8.11. The highest BCUT2D eigenvalue weighted by Crippen LogP contribution is 2.32. The van der Waals surface area contributed by atoms with Crippen molar-refractivity contribution in [2.75, 3.05) is 11.4 Å². The van der Waals surface area contributed by atoms with Crippen molar-refractivity contribution in [3.63, 3.8) is 0 Å². The summed E-state index contributed by atoms with van der Waals surface area (Å²) in [5.41, 5.74) is 0.604. The Morgan fingerprint density at radius 2 is 1.82 bits per heavy atom. The van der Waals surface area contributed by atoms with Crippen LogP contribution in [0.2, 0.25) is 0 Å². The first-order valence-corrected chi connectivity index (χ1v) is 5.18. The van der Waals surface area contributed by atoms with Gasteiger partial charge in [-0.1, -0.05) is 18.2 Å². The number of halogens is 3. The molecule has 0 N–H and O–H groups in total. The molecule has 0 bridgehead atoms. The van der Waals surface area contributed by atoms with Crippen LogP contribution in [-0.2, 0) is 4.79 Å². The van der Waals surface area contributed by atoms with Gasteiger partial charge in [-0.2, -0.15) is 8.78 Å². The second kappa shape index (κ2) is 4.61. The van der Waals surface area contributed by atoms with Crippen molar-refractivity contribution < 1.29 is 18.0 Å². The molecule has 1 amide bonds. The first kappa shape index (κ1) is 11.7. The zero-order valence-corrected chi connectivity index (χ0v) is 8.87. The zero-order chi connectivity index (χ0) is 12.4. The Labute approximate surface area is 96.3 Å². The van der Waals surface area contributed by atoms with Gasteiger partial charge < -0.3 is 4.90 Å². The minimum Gasteiger partial charge on any atom is -0.312 e. The molecule has 1 unspecified atom stereocenters. The van der Waals surface area contributed by atoms with Gasteiger partial charge in [-0.15, -0.1) is 0 Å². The molecule has 90 valence electrons. The summed E-state index contributed by atoms with van der Waals surface area (Å²) >= 11 is 0. The second-order valence-electron chi connectivity index (χ2n) is 3.78. The maximum atomic E-state index is 13.1. The van der Waals surface area contributed by atoms with Gasteiger partial charge in [0.25, 0.3) is 0 Å². The maximum Gasteiger partial charge on any atom is 0.302 e. The van der Waals surface area contributed by atoms with Gasteiger partial charge in [-0.25, -0.2) is 4.39 Å². The van der Waals surface area contributed by atoms with Crippen LogP contribution in [0.25, 0.3) is 0 Å². The van der Waals surface area contributed by atoms with Gasteiger partial charge >= 0.3 is 6.08 Å². The number of hydrogen-bond donors (Lipinski definition) is 0. The molecular weight excluding hydrogens is 231 g/mol. The lowest BCUT2D eigenvalue weighted by Gasteiger charge is -2.16. The molecule has 1 aromatic rings. The predicted octanol–water partition coefficient (Wildman–Crippen LogP) is 3.12. The van der Waals surface area contributed by atoms with Gasteiger partial charge in [-0.3, -0.25) is 4.79 Å². The van der Waals surface area contributed by atoms with Crippen LogP contribution in [0.15, 0.2) is 42.2 Å². The summed E-state index contributed by atoms with van der Waals surface area (Å²) in [6.07, 6.45) is -2.32. The number of nitrogens with zero attached hydrogens (tertiary/aromatic N) is 1. The molecule has 1 aromatic carbocycles. The van der Waals surface area contributed by atoms with Gasteiger partial charge in [0.1, 0.15) is 0 Å². The summed E-state index contributed by atoms with van der Waals surface area (Å²) < 4.78 is 37.3. The van der Waals surface area contributed by atoms with E-state index >= 15 is 0 Å². The molecule has 1 aliphatic rings. The number of para-hydroxylation sites is 1. The van der Waals surface area contributed by atoms with E-state index in [-0.39, 0.29) is 13.0 Å². The van der Waals surface area contributed by atoms with Crippen molar-refractivity contribution in [2.45, 2.75) is 6.42 Å². The fourth-order valence-electron chi connectivity index (χ4n) is 1.91. The third kappa shape index (κ3) is 2.18. The summed E-state index contributed by atoms with van der Waals surface area (Å²) in [5, 5.41) is 0. The average molecular weight is 241 g/mol. The third-order valence-electron chi connectivity index (χ3n) is 2.76. The highest BCUT2D eigenvalue weighted by atomic mass is 19.3. The van der Waals surface area contributed by atoms with E-state index in [1.165, 1.54) is 4.90 Å². The van der Waals surface area contributed by atoms with Gasteiger partial charge in [-0.05, 0) is 18.6 Å². The van der Waals surface area contributed by atoms with E-state index in [1.807, 2.05) is 0 Å². The summed E-state index contributed by atoms with van der Waals surface area (Å²) in [6.45, 7) is 0.258. The zero-order valence-electron chi connectivity index (χ0n) is 8.87. The molecule has 0 aliphatic carbocycles. The monoisotopic (exact) mass is 241 g/mol. The van der Waals surface area contributed by atoms with E-state index in [9.17, 15) is 18.0 Å². The van der Waals surface area contributed by atoms with E-state index < -0.39 is 23.7 Å². The van der Waals surface area contributed by atoms with Crippen LogP contribution >= 0.6 is 0 Å². The lowest BCUT2D eigenvalue weighted by Crippen LogP contribution is -2.27. The number of rotatable bonds is 2. The van der Waals surface area contributed by atoms with Crippen molar-refractivity contribution in [1.29, 1.82) is 0 Å². The van der Waals surface area contributed by atoms with Crippen LogP contribution in [0.4, 0.5) is 18.9 Å². The molecule has 1 fully saturated rings. The Hall–Kier alpha value is -1.78. The van der Waals surface area contributed by atoms with Crippen molar-refractivity contribution in [3.05, 3.63) is 42.2 Å². The van der Waals surface area contributed by atoms with E-state index in [1.54, 1.807) is 30.3 Å². The molecule has 5 heteroatoms. The van der Waals surface area contributed by atoms with Crippen LogP contribution in [-0.4, -0.2) is 12.5 Å². The van der Waals surface area contributed by atoms with Gasteiger partial charge in [0.05, 0.1) is 5.92 Å². The van der Waals surface area contributed by atoms with Crippen molar-refractivity contribution >= 4 is 11.6 Å². The van der Waals surface area contributed by atoms with E-state index in [0.29, 0.717) is 5.69 Å². The van der Waals surface area contributed by atoms with Crippen LogP contribution in [0.3, 0.4) is 0 Å². The highest BCUT2D eigenvalue weighted by Gasteiger charge is 2.37. The van der Waals surface area contributed by atoms with Crippen LogP contribution in [0, 0.1) is 5.92 Å². The lowest BCUT2D eigenvalue weighted by molar-refractivity contribution is -0.119. The largest absolute Gasteiger partial charge is 0.312 e. The van der Waals surface area contributed by atoms with Crippen molar-refractivity contribution in [3.8, 4) is 0 Å². The van der Waals surface area contributed by atoms with Gasteiger partial charge in [0.15, 0.2) is 5.83 Å². The lowest BCUT2D eigenvalue weighted by atomic mass is 10.1. The number of benzene rings is 1. The summed E-state index contributed by atoms with van der Waals surface area (Å²) in [4.78, 5) is 13.1. The molecule has 17 heavy (non-hydrogen) atoms. The Morgan fingerprint density at radius 1 is 1.18 bits per heavy atom. The number of amides is 1. The predicted molar refractivity (Wildman–Crippen MR) is 57.3 cm³/mol. The molecule has 0 aromatic heterocycles. The van der Waals surface area contributed by atoms with Gasteiger partial charge in [0.2, 0.25) is 5.91 Å². The first-order valence-electron chi connectivity index (χ1n) is 5.18. The fraction of sp³-hybridized carbons (Fsp3) is 0.250. The standard InChI is InChI=1S/C12H10F3NO/c13-10(11(14)15)9-6-7-16(12(9)17)8-4-2-1-3-5-8/h1-5,9H,6-7H2. The Kier molecular flexibility index (Phi) is 3.17. The minimum atomic E-state index is -2.40. The van der Waals surface area contributed by atoms with Crippen LogP contribution < -0.4 is 4.90 Å².